The van der Waals surface area contributed by atoms with E-state index in [0.29, 0.717) is 30.4 Å². The first kappa shape index (κ1) is 18.2. The molecule has 6 nitrogen and oxygen atoms in total. The molecule has 130 valence electrons. The number of hydrogen-bond acceptors (Lipinski definition) is 5. The molecule has 0 aliphatic carbocycles. The molecule has 0 unspecified atom stereocenters. The molecule has 1 aromatic heterocycles. The van der Waals surface area contributed by atoms with Crippen LogP contribution >= 0.6 is 11.8 Å². The van der Waals surface area contributed by atoms with Crippen molar-refractivity contribution < 1.29 is 14.3 Å². The summed E-state index contributed by atoms with van der Waals surface area (Å²) >= 11 is 1.41. The number of benzene rings is 1. The van der Waals surface area contributed by atoms with Gasteiger partial charge in [0, 0.05) is 25.0 Å². The fraction of sp³-hybridized carbons (Fsp3) is 0.412. The number of anilines is 1. The van der Waals surface area contributed by atoms with E-state index in [1.807, 2.05) is 37.6 Å². The van der Waals surface area contributed by atoms with Crippen molar-refractivity contribution in [1.82, 2.24) is 9.55 Å². The number of aromatic nitrogens is 2. The minimum Gasteiger partial charge on any atom is -0.494 e. The molecular formula is C17H23N3O3S. The summed E-state index contributed by atoms with van der Waals surface area (Å²) in [7, 11) is 0. The molecule has 0 aliphatic heterocycles. The maximum absolute atomic E-state index is 12.3. The Hall–Kier alpha value is -2.15. The van der Waals surface area contributed by atoms with Gasteiger partial charge in [-0.25, -0.2) is 4.98 Å². The van der Waals surface area contributed by atoms with Crippen LogP contribution in [0.1, 0.15) is 20.8 Å². The maximum Gasteiger partial charge on any atom is 0.234 e. The monoisotopic (exact) mass is 349 g/mol. The van der Waals surface area contributed by atoms with Crippen molar-refractivity contribution in [3.63, 3.8) is 0 Å². The highest BCUT2D eigenvalue weighted by Crippen LogP contribution is 2.29. The van der Waals surface area contributed by atoms with E-state index >= 15 is 0 Å². The zero-order chi connectivity index (χ0) is 17.4. The van der Waals surface area contributed by atoms with Crippen LogP contribution in [0, 0.1) is 0 Å². The number of nitrogens with zero attached hydrogens (tertiary/aromatic N) is 2. The first-order chi connectivity index (χ1) is 11.7. The van der Waals surface area contributed by atoms with Crippen LogP contribution in [0.5, 0.6) is 11.5 Å². The summed E-state index contributed by atoms with van der Waals surface area (Å²) < 4.78 is 13.0. The van der Waals surface area contributed by atoms with E-state index in [1.165, 1.54) is 11.8 Å². The van der Waals surface area contributed by atoms with Gasteiger partial charge in [0.2, 0.25) is 5.91 Å². The number of thioether (sulfide) groups is 1. The van der Waals surface area contributed by atoms with Crippen LogP contribution in [0.25, 0.3) is 0 Å². The number of amides is 1. The van der Waals surface area contributed by atoms with E-state index in [4.69, 9.17) is 9.47 Å². The molecule has 0 fully saturated rings. The first-order valence-electron chi connectivity index (χ1n) is 8.01. The van der Waals surface area contributed by atoms with E-state index in [1.54, 1.807) is 18.3 Å². The maximum atomic E-state index is 12.3. The van der Waals surface area contributed by atoms with Gasteiger partial charge in [-0.15, -0.1) is 0 Å². The predicted octanol–water partition coefficient (Wildman–Crippen LogP) is 3.43. The lowest BCUT2D eigenvalue weighted by atomic mass is 10.2. The zero-order valence-electron chi connectivity index (χ0n) is 14.2. The number of imidazole rings is 1. The third-order valence-electron chi connectivity index (χ3n) is 3.19. The van der Waals surface area contributed by atoms with Crippen LogP contribution in [0.3, 0.4) is 0 Å². The Labute approximate surface area is 146 Å². The molecule has 1 N–H and O–H groups in total. The average molecular weight is 349 g/mol. The SMILES string of the molecule is CCOc1ccc(OCC)c(NC(=O)CSc2nccn2CC)c1. The number of ether oxygens (including phenoxy) is 2. The highest BCUT2D eigenvalue weighted by Gasteiger charge is 2.11. The van der Waals surface area contributed by atoms with Crippen molar-refractivity contribution in [3.05, 3.63) is 30.6 Å². The van der Waals surface area contributed by atoms with Crippen LogP contribution in [0.4, 0.5) is 5.69 Å². The number of aryl methyl sites for hydroxylation is 1. The number of carbonyl (C=O) groups is 1. The van der Waals surface area contributed by atoms with Gasteiger partial charge in [0.15, 0.2) is 5.16 Å². The molecule has 0 spiro atoms. The number of rotatable bonds is 9. The highest BCUT2D eigenvalue weighted by atomic mass is 32.2. The fourth-order valence-corrected chi connectivity index (χ4v) is 2.96. The minimum atomic E-state index is -0.111. The number of nitrogens with one attached hydrogen (secondary N) is 1. The second-order valence-electron chi connectivity index (χ2n) is 4.86. The van der Waals surface area contributed by atoms with Gasteiger partial charge >= 0.3 is 0 Å². The molecule has 7 heteroatoms. The van der Waals surface area contributed by atoms with Crippen molar-refractivity contribution in [2.75, 3.05) is 24.3 Å². The third kappa shape index (κ3) is 4.92. The van der Waals surface area contributed by atoms with Gasteiger partial charge in [-0.2, -0.15) is 0 Å². The second kappa shape index (κ2) is 9.22. The fourth-order valence-electron chi connectivity index (χ4n) is 2.14. The molecule has 0 aliphatic rings. The molecule has 0 atom stereocenters. The molecule has 0 bridgehead atoms. The minimum absolute atomic E-state index is 0.111. The Balaban J connectivity index is 2.02. The summed E-state index contributed by atoms with van der Waals surface area (Å²) in [6.07, 6.45) is 3.64. The molecule has 2 aromatic rings. The normalized spacial score (nSPS) is 10.5. The van der Waals surface area contributed by atoms with Gasteiger partial charge < -0.3 is 19.4 Å². The summed E-state index contributed by atoms with van der Waals surface area (Å²) in [6, 6.07) is 5.42. The van der Waals surface area contributed by atoms with Crippen LogP contribution in [0.15, 0.2) is 35.7 Å². The average Bonchev–Trinajstić information content (AvgIpc) is 3.03. The van der Waals surface area contributed by atoms with Crippen LogP contribution in [0.2, 0.25) is 0 Å². The Morgan fingerprint density at radius 1 is 1.25 bits per heavy atom. The number of carbonyl (C=O) groups excluding carboxylic acids is 1. The van der Waals surface area contributed by atoms with Crippen LogP contribution in [-0.2, 0) is 11.3 Å². The standard InChI is InChI=1S/C17H23N3O3S/c1-4-20-10-9-18-17(20)24-12-16(21)19-14-11-13(22-5-2)7-8-15(14)23-6-3/h7-11H,4-6,12H2,1-3H3,(H,19,21). The first-order valence-corrected chi connectivity index (χ1v) is 8.99. The Kier molecular flexibility index (Phi) is 6.99. The Morgan fingerprint density at radius 3 is 2.75 bits per heavy atom. The van der Waals surface area contributed by atoms with Gasteiger partial charge in [0.1, 0.15) is 11.5 Å². The topological polar surface area (TPSA) is 65.4 Å². The van der Waals surface area contributed by atoms with Gasteiger partial charge in [0.05, 0.1) is 24.7 Å². The summed E-state index contributed by atoms with van der Waals surface area (Å²) in [5.74, 6) is 1.50. The molecular weight excluding hydrogens is 326 g/mol. The Bertz CT molecular complexity index is 673. The van der Waals surface area contributed by atoms with Crippen molar-refractivity contribution in [1.29, 1.82) is 0 Å². The van der Waals surface area contributed by atoms with Crippen molar-refractivity contribution in [3.8, 4) is 11.5 Å². The van der Waals surface area contributed by atoms with E-state index in [-0.39, 0.29) is 11.7 Å². The molecule has 1 heterocycles. The lowest BCUT2D eigenvalue weighted by Crippen LogP contribution is -2.15. The molecule has 0 saturated heterocycles. The van der Waals surface area contributed by atoms with Gasteiger partial charge in [-0.1, -0.05) is 11.8 Å². The predicted molar refractivity (Wildman–Crippen MR) is 96.0 cm³/mol. The van der Waals surface area contributed by atoms with E-state index in [2.05, 4.69) is 10.3 Å². The van der Waals surface area contributed by atoms with Crippen LogP contribution < -0.4 is 14.8 Å². The summed E-state index contributed by atoms with van der Waals surface area (Å²) in [5.41, 5.74) is 0.618. The second-order valence-corrected chi connectivity index (χ2v) is 5.80. The molecule has 0 radical (unpaired) electrons. The lowest BCUT2D eigenvalue weighted by molar-refractivity contribution is -0.113. The van der Waals surface area contributed by atoms with Gasteiger partial charge in [0.25, 0.3) is 0 Å². The smallest absolute Gasteiger partial charge is 0.234 e. The van der Waals surface area contributed by atoms with Crippen molar-refractivity contribution in [2.24, 2.45) is 0 Å². The lowest BCUT2D eigenvalue weighted by Gasteiger charge is -2.13. The summed E-state index contributed by atoms with van der Waals surface area (Å²) in [6.45, 7) is 7.79. The molecule has 0 saturated carbocycles. The number of hydrogen-bond donors (Lipinski definition) is 1. The molecule has 2 rings (SSSR count). The highest BCUT2D eigenvalue weighted by molar-refractivity contribution is 7.99. The third-order valence-corrected chi connectivity index (χ3v) is 4.19. The molecule has 1 amide bonds. The van der Waals surface area contributed by atoms with Crippen molar-refractivity contribution >= 4 is 23.4 Å². The zero-order valence-corrected chi connectivity index (χ0v) is 15.1. The van der Waals surface area contributed by atoms with Gasteiger partial charge in [-0.05, 0) is 32.9 Å². The van der Waals surface area contributed by atoms with E-state index < -0.39 is 0 Å². The Morgan fingerprint density at radius 2 is 2.04 bits per heavy atom. The molecule has 1 aromatic carbocycles. The van der Waals surface area contributed by atoms with E-state index in [9.17, 15) is 4.79 Å². The largest absolute Gasteiger partial charge is 0.494 e. The van der Waals surface area contributed by atoms with E-state index in [0.717, 1.165) is 11.7 Å². The van der Waals surface area contributed by atoms with Crippen molar-refractivity contribution in [2.45, 2.75) is 32.5 Å². The summed E-state index contributed by atoms with van der Waals surface area (Å²) in [5, 5.41) is 3.73. The van der Waals surface area contributed by atoms with Crippen LogP contribution in [-0.4, -0.2) is 34.4 Å². The molecule has 24 heavy (non-hydrogen) atoms. The van der Waals surface area contributed by atoms with Gasteiger partial charge in [-0.3, -0.25) is 4.79 Å². The summed E-state index contributed by atoms with van der Waals surface area (Å²) in [4.78, 5) is 16.5. The quantitative estimate of drug-likeness (QED) is 0.703.